The molecule has 0 spiro atoms. The molecule has 0 aromatic rings. The van der Waals surface area contributed by atoms with Crippen LogP contribution >= 0.6 is 35.7 Å². The third kappa shape index (κ3) is 7.56. The summed E-state index contributed by atoms with van der Waals surface area (Å²) < 4.78 is 0.294. The maximum Gasteiger partial charge on any atom is 0.239 e. The van der Waals surface area contributed by atoms with Crippen LogP contribution in [0.1, 0.15) is 33.1 Å². The highest BCUT2D eigenvalue weighted by atomic mass is 127. The standard InChI is InChI=1S/C13H26N4OS.HI/c1-4-7-15-11(18)9-16-12(14-3)17-10-13(2)6-5-8-19-13;/h4-10H2,1-3H3,(H,15,18)(H2,14,16,17);1H. The molecule has 7 heteroatoms. The van der Waals surface area contributed by atoms with E-state index in [-0.39, 0.29) is 36.4 Å². The Bertz CT molecular complexity index is 319. The first-order valence-electron chi connectivity index (χ1n) is 6.95. The second kappa shape index (κ2) is 10.5. The van der Waals surface area contributed by atoms with Crippen LogP contribution in [0.3, 0.4) is 0 Å². The summed E-state index contributed by atoms with van der Waals surface area (Å²) in [6.45, 7) is 6.19. The number of aliphatic imine (C=N–C) groups is 1. The van der Waals surface area contributed by atoms with Crippen LogP contribution in [0.15, 0.2) is 4.99 Å². The lowest BCUT2D eigenvalue weighted by atomic mass is 10.1. The molecule has 0 radical (unpaired) electrons. The normalized spacial score (nSPS) is 22.1. The zero-order valence-corrected chi connectivity index (χ0v) is 15.8. The second-order valence-electron chi connectivity index (χ2n) is 5.03. The summed E-state index contributed by atoms with van der Waals surface area (Å²) in [6, 6.07) is 0. The number of halogens is 1. The molecule has 0 aromatic carbocycles. The van der Waals surface area contributed by atoms with Crippen molar-refractivity contribution in [2.24, 2.45) is 4.99 Å². The quantitative estimate of drug-likeness (QED) is 0.351. The summed E-state index contributed by atoms with van der Waals surface area (Å²) in [5.41, 5.74) is 0. The molecule has 1 fully saturated rings. The highest BCUT2D eigenvalue weighted by Gasteiger charge is 2.29. The van der Waals surface area contributed by atoms with E-state index in [0.717, 1.165) is 19.5 Å². The first-order chi connectivity index (χ1) is 9.09. The van der Waals surface area contributed by atoms with Gasteiger partial charge >= 0.3 is 0 Å². The third-order valence-corrected chi connectivity index (χ3v) is 4.68. The minimum absolute atomic E-state index is 0. The number of carbonyl (C=O) groups is 1. The van der Waals surface area contributed by atoms with E-state index < -0.39 is 0 Å². The summed E-state index contributed by atoms with van der Waals surface area (Å²) in [5.74, 6) is 1.94. The Kier molecular flexibility index (Phi) is 10.4. The number of amides is 1. The van der Waals surface area contributed by atoms with Crippen LogP contribution in [-0.4, -0.2) is 49.0 Å². The minimum atomic E-state index is 0. The van der Waals surface area contributed by atoms with Gasteiger partial charge in [0.2, 0.25) is 5.91 Å². The molecule has 3 N–H and O–H groups in total. The monoisotopic (exact) mass is 414 g/mol. The number of nitrogens with one attached hydrogen (secondary N) is 3. The number of rotatable bonds is 6. The van der Waals surface area contributed by atoms with Crippen molar-refractivity contribution >= 4 is 47.6 Å². The van der Waals surface area contributed by atoms with Crippen LogP contribution < -0.4 is 16.0 Å². The van der Waals surface area contributed by atoms with Crippen LogP contribution in [0, 0.1) is 0 Å². The average molecular weight is 414 g/mol. The molecule has 1 rings (SSSR count). The zero-order valence-electron chi connectivity index (χ0n) is 12.6. The van der Waals surface area contributed by atoms with Gasteiger partial charge < -0.3 is 16.0 Å². The van der Waals surface area contributed by atoms with Crippen molar-refractivity contribution in [3.05, 3.63) is 0 Å². The Hall–Kier alpha value is -0.180. The van der Waals surface area contributed by atoms with Gasteiger partial charge in [-0.2, -0.15) is 11.8 Å². The molecule has 0 aromatic heterocycles. The highest BCUT2D eigenvalue weighted by Crippen LogP contribution is 2.36. The van der Waals surface area contributed by atoms with Crippen molar-refractivity contribution in [3.8, 4) is 0 Å². The molecule has 0 saturated carbocycles. The summed E-state index contributed by atoms with van der Waals surface area (Å²) in [5, 5.41) is 9.17. The van der Waals surface area contributed by atoms with Crippen molar-refractivity contribution < 1.29 is 4.79 Å². The molecule has 0 aliphatic carbocycles. The molecule has 1 saturated heterocycles. The molecular weight excluding hydrogens is 387 g/mol. The van der Waals surface area contributed by atoms with E-state index in [0.29, 0.717) is 10.7 Å². The van der Waals surface area contributed by atoms with Crippen LogP contribution in [0.4, 0.5) is 0 Å². The van der Waals surface area contributed by atoms with E-state index in [2.05, 4.69) is 27.9 Å². The summed E-state index contributed by atoms with van der Waals surface area (Å²) in [4.78, 5) is 15.6. The zero-order chi connectivity index (χ0) is 14.1. The van der Waals surface area contributed by atoms with E-state index in [1.165, 1.54) is 18.6 Å². The smallest absolute Gasteiger partial charge is 0.239 e. The Morgan fingerprint density at radius 1 is 1.35 bits per heavy atom. The summed E-state index contributed by atoms with van der Waals surface area (Å²) in [6.07, 6.45) is 3.47. The molecule has 118 valence electrons. The minimum Gasteiger partial charge on any atom is -0.355 e. The van der Waals surface area contributed by atoms with E-state index in [9.17, 15) is 4.79 Å². The lowest BCUT2D eigenvalue weighted by Crippen LogP contribution is -2.46. The molecule has 1 aliphatic heterocycles. The van der Waals surface area contributed by atoms with Crippen LogP contribution in [0.5, 0.6) is 0 Å². The van der Waals surface area contributed by atoms with Crippen molar-refractivity contribution in [1.82, 2.24) is 16.0 Å². The number of carbonyl (C=O) groups excluding carboxylic acids is 1. The molecule has 1 atom stereocenters. The second-order valence-corrected chi connectivity index (χ2v) is 6.71. The maximum absolute atomic E-state index is 11.5. The van der Waals surface area contributed by atoms with Crippen molar-refractivity contribution in [2.75, 3.05) is 32.4 Å². The van der Waals surface area contributed by atoms with Gasteiger partial charge in [-0.3, -0.25) is 9.79 Å². The highest BCUT2D eigenvalue weighted by molar-refractivity contribution is 14.0. The largest absolute Gasteiger partial charge is 0.355 e. The number of hydrogen-bond donors (Lipinski definition) is 3. The molecular formula is C13H27IN4OS. The van der Waals surface area contributed by atoms with Gasteiger partial charge in [0.1, 0.15) is 0 Å². The molecule has 1 unspecified atom stereocenters. The predicted molar refractivity (Wildman–Crippen MR) is 98.2 cm³/mol. The molecule has 1 heterocycles. The third-order valence-electron chi connectivity index (χ3n) is 3.14. The molecule has 1 aliphatic rings. The first kappa shape index (κ1) is 19.8. The molecule has 20 heavy (non-hydrogen) atoms. The van der Waals surface area contributed by atoms with Gasteiger partial charge in [-0.05, 0) is 31.9 Å². The van der Waals surface area contributed by atoms with Crippen LogP contribution in [0.25, 0.3) is 0 Å². The van der Waals surface area contributed by atoms with Gasteiger partial charge in [0.15, 0.2) is 5.96 Å². The number of guanidine groups is 1. The van der Waals surface area contributed by atoms with Gasteiger partial charge in [0.25, 0.3) is 0 Å². The fourth-order valence-corrected chi connectivity index (χ4v) is 3.20. The van der Waals surface area contributed by atoms with Gasteiger partial charge in [-0.1, -0.05) is 6.92 Å². The Morgan fingerprint density at radius 3 is 2.65 bits per heavy atom. The van der Waals surface area contributed by atoms with E-state index in [4.69, 9.17) is 0 Å². The Balaban J connectivity index is 0.00000361. The van der Waals surface area contributed by atoms with Crippen LogP contribution in [-0.2, 0) is 4.79 Å². The lowest BCUT2D eigenvalue weighted by Gasteiger charge is -2.24. The predicted octanol–water partition coefficient (Wildman–Crippen LogP) is 1.58. The Labute approximate surface area is 143 Å². The lowest BCUT2D eigenvalue weighted by molar-refractivity contribution is -0.120. The van der Waals surface area contributed by atoms with Gasteiger partial charge in [0.05, 0.1) is 6.54 Å². The molecule has 0 bridgehead atoms. The van der Waals surface area contributed by atoms with Crippen molar-refractivity contribution in [3.63, 3.8) is 0 Å². The topological polar surface area (TPSA) is 65.5 Å². The van der Waals surface area contributed by atoms with Gasteiger partial charge in [0, 0.05) is 24.9 Å². The van der Waals surface area contributed by atoms with Crippen molar-refractivity contribution in [1.29, 1.82) is 0 Å². The van der Waals surface area contributed by atoms with Crippen LogP contribution in [0.2, 0.25) is 0 Å². The fourth-order valence-electron chi connectivity index (χ4n) is 1.96. The fraction of sp³-hybridized carbons (Fsp3) is 0.846. The van der Waals surface area contributed by atoms with Gasteiger partial charge in [-0.25, -0.2) is 0 Å². The molecule has 1 amide bonds. The average Bonchev–Trinajstić information content (AvgIpc) is 2.83. The SMILES string of the molecule is CCCNC(=O)CNC(=NC)NCC1(C)CCCS1.I. The van der Waals surface area contributed by atoms with Crippen molar-refractivity contribution in [2.45, 2.75) is 37.9 Å². The summed E-state index contributed by atoms with van der Waals surface area (Å²) in [7, 11) is 1.73. The maximum atomic E-state index is 11.5. The van der Waals surface area contributed by atoms with Gasteiger partial charge in [-0.15, -0.1) is 24.0 Å². The first-order valence-corrected chi connectivity index (χ1v) is 7.93. The summed E-state index contributed by atoms with van der Waals surface area (Å²) >= 11 is 2.01. The van der Waals surface area contributed by atoms with E-state index in [1.54, 1.807) is 7.05 Å². The molecule has 5 nitrogen and oxygen atoms in total. The van der Waals surface area contributed by atoms with E-state index >= 15 is 0 Å². The number of nitrogens with zero attached hydrogens (tertiary/aromatic N) is 1. The van der Waals surface area contributed by atoms with E-state index in [1.807, 2.05) is 18.7 Å². The Morgan fingerprint density at radius 2 is 2.10 bits per heavy atom. The number of hydrogen-bond acceptors (Lipinski definition) is 3. The number of thioether (sulfide) groups is 1.